The number of ether oxygens (including phenoxy) is 1. The van der Waals surface area contributed by atoms with E-state index in [1.165, 1.54) is 6.33 Å². The van der Waals surface area contributed by atoms with E-state index in [4.69, 9.17) is 10.5 Å². The Labute approximate surface area is 131 Å². The van der Waals surface area contributed by atoms with Gasteiger partial charge >= 0.3 is 0 Å². The summed E-state index contributed by atoms with van der Waals surface area (Å²) in [5, 5.41) is 20.0. The largest absolute Gasteiger partial charge is 0.463 e. The van der Waals surface area contributed by atoms with Gasteiger partial charge in [0.2, 0.25) is 0 Å². The van der Waals surface area contributed by atoms with Crippen molar-refractivity contribution in [1.29, 1.82) is 0 Å². The Bertz CT molecular complexity index is 858. The van der Waals surface area contributed by atoms with E-state index in [9.17, 15) is 10.2 Å². The van der Waals surface area contributed by atoms with Gasteiger partial charge in [-0.15, -0.1) is 0 Å². The second-order valence-corrected chi connectivity index (χ2v) is 6.15. The Kier molecular flexibility index (Phi) is 2.79. The van der Waals surface area contributed by atoms with Crippen LogP contribution in [-0.2, 0) is 4.74 Å². The Morgan fingerprint density at radius 2 is 2.26 bits per heavy atom. The van der Waals surface area contributed by atoms with E-state index in [0.717, 1.165) is 5.57 Å². The fraction of sp³-hybridized carbons (Fsp3) is 0.400. The van der Waals surface area contributed by atoms with Crippen molar-refractivity contribution in [2.45, 2.75) is 25.5 Å². The minimum atomic E-state index is -0.719. The Morgan fingerprint density at radius 3 is 3.00 bits per heavy atom. The van der Waals surface area contributed by atoms with Gasteiger partial charge in [0.25, 0.3) is 0 Å². The van der Waals surface area contributed by atoms with Crippen LogP contribution < -0.4 is 5.73 Å². The highest BCUT2D eigenvalue weighted by Crippen LogP contribution is 2.58. The van der Waals surface area contributed by atoms with Gasteiger partial charge in [0, 0.05) is 12.0 Å². The summed E-state index contributed by atoms with van der Waals surface area (Å²) in [7, 11) is 0. The summed E-state index contributed by atoms with van der Waals surface area (Å²) >= 11 is 0. The number of aliphatic hydroxyl groups is 2. The summed E-state index contributed by atoms with van der Waals surface area (Å²) in [4.78, 5) is 12.4. The average molecular weight is 315 g/mol. The molecule has 2 aromatic rings. The Balaban J connectivity index is 1.71. The molecule has 0 saturated carbocycles. The smallest absolute Gasteiger partial charge is 0.166 e. The lowest BCUT2D eigenvalue weighted by molar-refractivity contribution is 0.128. The van der Waals surface area contributed by atoms with Crippen molar-refractivity contribution < 1.29 is 14.9 Å². The van der Waals surface area contributed by atoms with Crippen LogP contribution in [0.25, 0.3) is 11.2 Å². The maximum absolute atomic E-state index is 10.5. The molecule has 8 nitrogen and oxygen atoms in total. The van der Waals surface area contributed by atoms with Crippen LogP contribution in [0.15, 0.2) is 36.3 Å². The number of hydrogen-bond acceptors (Lipinski definition) is 7. The molecule has 3 atom stereocenters. The maximum Gasteiger partial charge on any atom is 0.166 e. The van der Waals surface area contributed by atoms with Crippen LogP contribution in [0.3, 0.4) is 0 Å². The summed E-state index contributed by atoms with van der Waals surface area (Å²) in [6.07, 6.45) is 2.61. The van der Waals surface area contributed by atoms with E-state index in [1.54, 1.807) is 10.9 Å². The molecule has 1 aliphatic heterocycles. The maximum atomic E-state index is 10.5. The minimum Gasteiger partial charge on any atom is -0.463 e. The van der Waals surface area contributed by atoms with E-state index in [1.807, 2.05) is 6.92 Å². The third-order valence-corrected chi connectivity index (χ3v) is 4.70. The van der Waals surface area contributed by atoms with Crippen molar-refractivity contribution in [2.24, 2.45) is 5.41 Å². The topological polar surface area (TPSA) is 119 Å². The van der Waals surface area contributed by atoms with Crippen LogP contribution >= 0.6 is 0 Å². The van der Waals surface area contributed by atoms with E-state index in [0.29, 0.717) is 34.9 Å². The molecule has 2 aliphatic rings. The van der Waals surface area contributed by atoms with Gasteiger partial charge in [-0.1, -0.05) is 6.58 Å². The molecule has 0 bridgehead atoms. The first kappa shape index (κ1) is 14.2. The van der Waals surface area contributed by atoms with Crippen LogP contribution in [0.1, 0.15) is 19.4 Å². The number of aliphatic hydroxyl groups excluding tert-OH is 2. The second-order valence-electron chi connectivity index (χ2n) is 6.15. The van der Waals surface area contributed by atoms with Gasteiger partial charge in [-0.25, -0.2) is 15.0 Å². The fourth-order valence-corrected chi connectivity index (χ4v) is 3.28. The number of hydrogen-bond donors (Lipinski definition) is 3. The first-order valence-corrected chi connectivity index (χ1v) is 7.31. The van der Waals surface area contributed by atoms with Crippen molar-refractivity contribution in [2.75, 3.05) is 12.3 Å². The van der Waals surface area contributed by atoms with Crippen LogP contribution in [0.2, 0.25) is 0 Å². The van der Waals surface area contributed by atoms with E-state index >= 15 is 0 Å². The van der Waals surface area contributed by atoms with Gasteiger partial charge in [-0.05, 0) is 6.92 Å². The molecule has 23 heavy (non-hydrogen) atoms. The zero-order valence-corrected chi connectivity index (χ0v) is 12.6. The lowest BCUT2D eigenvalue weighted by Gasteiger charge is -2.25. The van der Waals surface area contributed by atoms with Gasteiger partial charge in [0.1, 0.15) is 23.4 Å². The molecule has 0 spiro atoms. The Morgan fingerprint density at radius 1 is 1.48 bits per heavy atom. The third-order valence-electron chi connectivity index (χ3n) is 4.70. The van der Waals surface area contributed by atoms with Gasteiger partial charge in [0.15, 0.2) is 11.5 Å². The molecule has 4 rings (SSSR count). The van der Waals surface area contributed by atoms with Gasteiger partial charge in [-0.2, -0.15) is 0 Å². The highest BCUT2D eigenvalue weighted by atomic mass is 16.5. The number of imidazole rings is 1. The molecule has 0 amide bonds. The molecule has 0 aromatic carbocycles. The van der Waals surface area contributed by atoms with Crippen LogP contribution in [0.4, 0.5) is 5.82 Å². The van der Waals surface area contributed by atoms with Crippen LogP contribution in [0, 0.1) is 5.41 Å². The molecule has 4 N–H and O–H groups in total. The minimum absolute atomic E-state index is 0.0928. The number of nitrogen functional groups attached to an aromatic ring is 1. The quantitative estimate of drug-likeness (QED) is 0.738. The van der Waals surface area contributed by atoms with Crippen molar-refractivity contribution in [3.8, 4) is 0 Å². The molecule has 8 heteroatoms. The number of aromatic nitrogens is 4. The number of rotatable bonds is 2. The second kappa shape index (κ2) is 4.53. The van der Waals surface area contributed by atoms with Gasteiger partial charge in [-0.3, -0.25) is 0 Å². The summed E-state index contributed by atoms with van der Waals surface area (Å²) in [5.74, 6) is 1.38. The van der Waals surface area contributed by atoms with Gasteiger partial charge in [0.05, 0.1) is 30.5 Å². The summed E-state index contributed by atoms with van der Waals surface area (Å²) in [6, 6.07) is -0.333. The summed E-state index contributed by atoms with van der Waals surface area (Å²) in [6.45, 7) is 5.73. The van der Waals surface area contributed by atoms with E-state index in [2.05, 4.69) is 21.5 Å². The number of fused-ring (bicyclic) bond motifs is 1. The average Bonchev–Trinajstić information content (AvgIpc) is 2.93. The summed E-state index contributed by atoms with van der Waals surface area (Å²) in [5.41, 5.74) is 7.04. The zero-order chi connectivity index (χ0) is 16.4. The predicted molar refractivity (Wildman–Crippen MR) is 81.8 cm³/mol. The van der Waals surface area contributed by atoms with E-state index in [-0.39, 0.29) is 12.6 Å². The molecule has 1 aliphatic carbocycles. The van der Waals surface area contributed by atoms with Crippen molar-refractivity contribution in [1.82, 2.24) is 19.5 Å². The highest BCUT2D eigenvalue weighted by Gasteiger charge is 2.57. The molecule has 2 aromatic heterocycles. The zero-order valence-electron chi connectivity index (χ0n) is 12.6. The first-order chi connectivity index (χ1) is 11.0. The van der Waals surface area contributed by atoms with Crippen molar-refractivity contribution >= 4 is 17.0 Å². The molecule has 0 saturated heterocycles. The first-order valence-electron chi connectivity index (χ1n) is 7.31. The lowest BCUT2D eigenvalue weighted by atomic mass is 9.96. The lowest BCUT2D eigenvalue weighted by Crippen LogP contribution is -2.23. The SMILES string of the molecule is C=C1OC2=C([C@H](O)C[C@@H]1n1cnc3c(N)ncnc31)C2(C)CO. The normalized spacial score (nSPS) is 30.1. The number of allylic oxidation sites excluding steroid dienone is 1. The standard InChI is InChI=1S/C15H17N5O3/c1-7-8(3-9(22)10-12(23-7)15(10,2)4-21)20-6-19-11-13(16)17-5-18-14(11)20/h5-6,8-9,21-22H,1,3-4H2,2H3,(H2,16,17,18)/t8-,9+,15?/m0/s1. The molecule has 3 heterocycles. The van der Waals surface area contributed by atoms with Crippen LogP contribution in [-0.4, -0.2) is 42.4 Å². The molecule has 1 unspecified atom stereocenters. The van der Waals surface area contributed by atoms with Crippen molar-refractivity contribution in [3.63, 3.8) is 0 Å². The number of nitrogens with two attached hydrogens (primary N) is 1. The number of anilines is 1. The summed E-state index contributed by atoms with van der Waals surface area (Å²) < 4.78 is 7.60. The molecule has 120 valence electrons. The number of nitrogens with zero attached hydrogens (tertiary/aromatic N) is 4. The van der Waals surface area contributed by atoms with Gasteiger partial charge < -0.3 is 25.3 Å². The Hall–Kier alpha value is -2.45. The van der Waals surface area contributed by atoms with E-state index < -0.39 is 11.5 Å². The molecular formula is C15H17N5O3. The van der Waals surface area contributed by atoms with Crippen LogP contribution in [0.5, 0.6) is 0 Å². The fourth-order valence-electron chi connectivity index (χ4n) is 3.28. The highest BCUT2D eigenvalue weighted by molar-refractivity contribution is 5.81. The van der Waals surface area contributed by atoms with Crippen molar-refractivity contribution in [3.05, 3.63) is 36.3 Å². The third kappa shape index (κ3) is 1.82. The molecule has 0 radical (unpaired) electrons. The molecule has 0 fully saturated rings. The predicted octanol–water partition coefficient (Wildman–Crippen LogP) is 0.511. The monoisotopic (exact) mass is 315 g/mol. The molecular weight excluding hydrogens is 298 g/mol.